The molecular formula is C18H23ClN4O2. The van der Waals surface area contributed by atoms with E-state index in [4.69, 9.17) is 11.6 Å². The standard InChI is InChI=1S/C18H23ClN4O2/c1-12(2)16(22-17(24)14-4-6-15(19)7-5-14)18(25)21-13(3)10-23-9-8-20-11-23/h4-9,11-13,16H,10H2,1-3H3,(H,21,25)(H,22,24). The molecule has 6 nitrogen and oxygen atoms in total. The Kier molecular flexibility index (Phi) is 6.58. The van der Waals surface area contributed by atoms with Crippen LogP contribution in [0.2, 0.25) is 5.02 Å². The van der Waals surface area contributed by atoms with Gasteiger partial charge in [0.25, 0.3) is 5.91 Å². The third-order valence-electron chi connectivity index (χ3n) is 3.77. The van der Waals surface area contributed by atoms with Crippen LogP contribution in [-0.2, 0) is 11.3 Å². The van der Waals surface area contributed by atoms with Crippen LogP contribution in [0.15, 0.2) is 43.0 Å². The van der Waals surface area contributed by atoms with Crippen molar-refractivity contribution in [1.82, 2.24) is 20.2 Å². The van der Waals surface area contributed by atoms with E-state index in [1.165, 1.54) is 0 Å². The highest BCUT2D eigenvalue weighted by atomic mass is 35.5. The summed E-state index contributed by atoms with van der Waals surface area (Å²) in [5.74, 6) is -0.547. The summed E-state index contributed by atoms with van der Waals surface area (Å²) in [5.41, 5.74) is 0.467. The maximum atomic E-state index is 12.6. The lowest BCUT2D eigenvalue weighted by atomic mass is 10.0. The van der Waals surface area contributed by atoms with Gasteiger partial charge < -0.3 is 15.2 Å². The Hall–Kier alpha value is -2.34. The van der Waals surface area contributed by atoms with E-state index in [9.17, 15) is 9.59 Å². The van der Waals surface area contributed by atoms with Crippen molar-refractivity contribution in [2.24, 2.45) is 5.92 Å². The minimum Gasteiger partial charge on any atom is -0.350 e. The number of nitrogens with zero attached hydrogens (tertiary/aromatic N) is 2. The second-order valence-corrected chi connectivity index (χ2v) is 6.81. The fourth-order valence-electron chi connectivity index (χ4n) is 2.45. The molecule has 7 heteroatoms. The largest absolute Gasteiger partial charge is 0.350 e. The predicted molar refractivity (Wildman–Crippen MR) is 97.4 cm³/mol. The highest BCUT2D eigenvalue weighted by Gasteiger charge is 2.25. The number of rotatable bonds is 7. The number of imidazole rings is 1. The first-order chi connectivity index (χ1) is 11.9. The number of nitrogens with one attached hydrogen (secondary N) is 2. The van der Waals surface area contributed by atoms with Gasteiger partial charge in [0.15, 0.2) is 0 Å². The summed E-state index contributed by atoms with van der Waals surface area (Å²) in [5, 5.41) is 6.30. The average molecular weight is 363 g/mol. The molecular weight excluding hydrogens is 340 g/mol. The van der Waals surface area contributed by atoms with Crippen LogP contribution < -0.4 is 10.6 Å². The Labute approximate surface area is 152 Å². The van der Waals surface area contributed by atoms with E-state index in [1.807, 2.05) is 31.5 Å². The molecule has 0 bridgehead atoms. The van der Waals surface area contributed by atoms with Gasteiger partial charge in [0, 0.05) is 35.6 Å². The molecule has 25 heavy (non-hydrogen) atoms. The normalized spacial score (nSPS) is 13.3. The van der Waals surface area contributed by atoms with Crippen molar-refractivity contribution in [3.63, 3.8) is 0 Å². The lowest BCUT2D eigenvalue weighted by molar-refractivity contribution is -0.124. The third-order valence-corrected chi connectivity index (χ3v) is 4.03. The van der Waals surface area contributed by atoms with E-state index in [0.717, 1.165) is 0 Å². The topological polar surface area (TPSA) is 76.0 Å². The minimum atomic E-state index is -0.617. The highest BCUT2D eigenvalue weighted by molar-refractivity contribution is 6.30. The first-order valence-corrected chi connectivity index (χ1v) is 8.57. The molecule has 0 fully saturated rings. The van der Waals surface area contributed by atoms with Crippen LogP contribution in [0.1, 0.15) is 31.1 Å². The molecule has 2 N–H and O–H groups in total. The summed E-state index contributed by atoms with van der Waals surface area (Å²) in [6.45, 7) is 6.32. The van der Waals surface area contributed by atoms with Crippen LogP contribution in [0.25, 0.3) is 0 Å². The fourth-order valence-corrected chi connectivity index (χ4v) is 2.58. The van der Waals surface area contributed by atoms with Crippen molar-refractivity contribution in [2.75, 3.05) is 0 Å². The molecule has 0 aliphatic rings. The molecule has 0 radical (unpaired) electrons. The van der Waals surface area contributed by atoms with Crippen molar-refractivity contribution in [1.29, 1.82) is 0 Å². The van der Waals surface area contributed by atoms with Gasteiger partial charge in [-0.05, 0) is 37.1 Å². The Morgan fingerprint density at radius 3 is 2.40 bits per heavy atom. The summed E-state index contributed by atoms with van der Waals surface area (Å²) in [6, 6.07) is 5.86. The Bertz CT molecular complexity index is 698. The molecule has 2 rings (SSSR count). The van der Waals surface area contributed by atoms with E-state index < -0.39 is 6.04 Å². The lowest BCUT2D eigenvalue weighted by Gasteiger charge is -2.24. The van der Waals surface area contributed by atoms with Crippen molar-refractivity contribution in [2.45, 2.75) is 39.4 Å². The highest BCUT2D eigenvalue weighted by Crippen LogP contribution is 2.11. The smallest absolute Gasteiger partial charge is 0.251 e. The van der Waals surface area contributed by atoms with Gasteiger partial charge in [-0.15, -0.1) is 0 Å². The summed E-state index contributed by atoms with van der Waals surface area (Å²) >= 11 is 5.84. The van der Waals surface area contributed by atoms with Gasteiger partial charge >= 0.3 is 0 Å². The fraction of sp³-hybridized carbons (Fsp3) is 0.389. The Balaban J connectivity index is 1.97. The number of halogens is 1. The molecule has 2 aromatic rings. The van der Waals surface area contributed by atoms with Gasteiger partial charge in [-0.2, -0.15) is 0 Å². The van der Waals surface area contributed by atoms with E-state index in [0.29, 0.717) is 17.1 Å². The molecule has 2 atom stereocenters. The van der Waals surface area contributed by atoms with Crippen molar-refractivity contribution < 1.29 is 9.59 Å². The quantitative estimate of drug-likeness (QED) is 0.794. The van der Waals surface area contributed by atoms with Gasteiger partial charge in [-0.25, -0.2) is 4.98 Å². The Morgan fingerprint density at radius 2 is 1.84 bits per heavy atom. The zero-order chi connectivity index (χ0) is 18.4. The van der Waals surface area contributed by atoms with Gasteiger partial charge in [-0.1, -0.05) is 25.4 Å². The summed E-state index contributed by atoms with van der Waals surface area (Å²) in [7, 11) is 0. The number of hydrogen-bond acceptors (Lipinski definition) is 3. The number of benzene rings is 1. The van der Waals surface area contributed by atoms with Crippen molar-refractivity contribution >= 4 is 23.4 Å². The third kappa shape index (κ3) is 5.60. The van der Waals surface area contributed by atoms with E-state index >= 15 is 0 Å². The second kappa shape index (κ2) is 8.67. The molecule has 1 aromatic heterocycles. The monoisotopic (exact) mass is 362 g/mol. The number of hydrogen-bond donors (Lipinski definition) is 2. The molecule has 2 unspecified atom stereocenters. The summed E-state index contributed by atoms with van der Waals surface area (Å²) in [6.07, 6.45) is 5.23. The molecule has 0 aliphatic carbocycles. The van der Waals surface area contributed by atoms with Gasteiger partial charge in [0.1, 0.15) is 6.04 Å². The van der Waals surface area contributed by atoms with Gasteiger partial charge in [-0.3, -0.25) is 9.59 Å². The van der Waals surface area contributed by atoms with Gasteiger partial charge in [0.05, 0.1) is 6.33 Å². The summed E-state index contributed by atoms with van der Waals surface area (Å²) in [4.78, 5) is 28.9. The van der Waals surface area contributed by atoms with E-state index in [1.54, 1.807) is 36.8 Å². The van der Waals surface area contributed by atoms with E-state index in [-0.39, 0.29) is 23.8 Å². The zero-order valence-corrected chi connectivity index (χ0v) is 15.3. The first kappa shape index (κ1) is 19.0. The van der Waals surface area contributed by atoms with Crippen LogP contribution in [-0.4, -0.2) is 33.4 Å². The average Bonchev–Trinajstić information content (AvgIpc) is 3.05. The summed E-state index contributed by atoms with van der Waals surface area (Å²) < 4.78 is 1.89. The van der Waals surface area contributed by atoms with Crippen molar-refractivity contribution in [3.05, 3.63) is 53.6 Å². The number of carbonyl (C=O) groups excluding carboxylic acids is 2. The zero-order valence-electron chi connectivity index (χ0n) is 14.6. The number of amides is 2. The van der Waals surface area contributed by atoms with Crippen LogP contribution >= 0.6 is 11.6 Å². The number of aromatic nitrogens is 2. The molecule has 0 saturated carbocycles. The minimum absolute atomic E-state index is 0.0447. The van der Waals surface area contributed by atoms with Crippen LogP contribution in [0, 0.1) is 5.92 Å². The van der Waals surface area contributed by atoms with Gasteiger partial charge in [0.2, 0.25) is 5.91 Å². The van der Waals surface area contributed by atoms with E-state index in [2.05, 4.69) is 15.6 Å². The predicted octanol–water partition coefficient (Wildman–Crippen LogP) is 2.50. The molecule has 0 spiro atoms. The SMILES string of the molecule is CC(Cn1ccnc1)NC(=O)C(NC(=O)c1ccc(Cl)cc1)C(C)C. The molecule has 1 heterocycles. The maximum absolute atomic E-state index is 12.6. The second-order valence-electron chi connectivity index (χ2n) is 6.37. The molecule has 0 saturated heterocycles. The van der Waals surface area contributed by atoms with Crippen LogP contribution in [0.3, 0.4) is 0 Å². The first-order valence-electron chi connectivity index (χ1n) is 8.19. The maximum Gasteiger partial charge on any atom is 0.251 e. The molecule has 0 aliphatic heterocycles. The lowest BCUT2D eigenvalue weighted by Crippen LogP contribution is -2.52. The van der Waals surface area contributed by atoms with Crippen molar-refractivity contribution in [3.8, 4) is 0 Å². The molecule has 2 amide bonds. The molecule has 134 valence electrons. The number of carbonyl (C=O) groups is 2. The van der Waals surface area contributed by atoms with Crippen LogP contribution in [0.4, 0.5) is 0 Å². The Morgan fingerprint density at radius 1 is 1.16 bits per heavy atom. The van der Waals surface area contributed by atoms with Crippen LogP contribution in [0.5, 0.6) is 0 Å². The molecule has 1 aromatic carbocycles.